The van der Waals surface area contributed by atoms with Crippen molar-refractivity contribution < 1.29 is 24.9 Å². The molecule has 0 unspecified atom stereocenters. The van der Waals surface area contributed by atoms with Gasteiger partial charge < -0.3 is 15.3 Å². The number of rotatable bonds is 3. The third kappa shape index (κ3) is 29.4. The second-order valence-electron chi connectivity index (χ2n) is 2.89. The summed E-state index contributed by atoms with van der Waals surface area (Å²) in [7, 11) is 0. The Morgan fingerprint density at radius 3 is 1.12 bits per heavy atom. The molecule has 0 amide bonds. The predicted molar refractivity (Wildman–Crippen MR) is 62.3 cm³/mol. The van der Waals surface area contributed by atoms with E-state index in [1.165, 1.54) is 13.8 Å². The Balaban J connectivity index is -0.000000162. The molecule has 0 rings (SSSR count). The summed E-state index contributed by atoms with van der Waals surface area (Å²) in [4.78, 5) is 19.2. The van der Waals surface area contributed by atoms with E-state index < -0.39 is 11.9 Å². The number of aliphatic carboxylic acids is 2. The summed E-state index contributed by atoms with van der Waals surface area (Å²) in [6, 6.07) is 0. The molecule has 0 aliphatic rings. The normalized spacial score (nSPS) is 7.50. The van der Waals surface area contributed by atoms with Crippen molar-refractivity contribution in [2.24, 2.45) is 0 Å². The quantitative estimate of drug-likeness (QED) is 0.643. The molecular formula is C11H20O5. The first-order chi connectivity index (χ1) is 7.20. The zero-order chi connectivity index (χ0) is 13.7. The van der Waals surface area contributed by atoms with Crippen molar-refractivity contribution in [2.75, 3.05) is 6.61 Å². The van der Waals surface area contributed by atoms with Crippen molar-refractivity contribution in [3.05, 3.63) is 24.3 Å². The highest BCUT2D eigenvalue weighted by atomic mass is 16.4. The van der Waals surface area contributed by atoms with E-state index in [1.54, 1.807) is 0 Å². The standard InChI is InChI=1S/2C4H6O2.C3H8O/c2*1-3(2)4(5)6;1-2-3-4/h2*1H2,2H3,(H,5,6);4H,2-3H2,1H3. The molecule has 0 bridgehead atoms. The fourth-order valence-electron chi connectivity index (χ4n) is 0. The molecule has 0 aromatic carbocycles. The van der Waals surface area contributed by atoms with Gasteiger partial charge in [-0.2, -0.15) is 0 Å². The summed E-state index contributed by atoms with van der Waals surface area (Å²) in [5, 5.41) is 23.7. The van der Waals surface area contributed by atoms with Crippen LogP contribution in [0.1, 0.15) is 27.2 Å². The summed E-state index contributed by atoms with van der Waals surface area (Å²) in [6.45, 7) is 11.5. The smallest absolute Gasteiger partial charge is 0.330 e. The van der Waals surface area contributed by atoms with Crippen LogP contribution < -0.4 is 0 Å². The zero-order valence-corrected chi connectivity index (χ0v) is 9.99. The van der Waals surface area contributed by atoms with Gasteiger partial charge in [-0.05, 0) is 20.3 Å². The number of aliphatic hydroxyl groups excluding tert-OH is 1. The molecule has 0 saturated carbocycles. The van der Waals surface area contributed by atoms with Crippen LogP contribution in [0.3, 0.4) is 0 Å². The SMILES string of the molecule is C=C(C)C(=O)O.C=C(C)C(=O)O.CCCO. The van der Waals surface area contributed by atoms with Gasteiger partial charge in [0.05, 0.1) is 0 Å². The highest BCUT2D eigenvalue weighted by Gasteiger charge is 1.90. The molecule has 5 heteroatoms. The lowest BCUT2D eigenvalue weighted by atomic mass is 10.4. The number of aliphatic hydroxyl groups is 1. The van der Waals surface area contributed by atoms with Gasteiger partial charge >= 0.3 is 11.9 Å². The average molecular weight is 232 g/mol. The zero-order valence-electron chi connectivity index (χ0n) is 9.99. The van der Waals surface area contributed by atoms with Crippen molar-refractivity contribution in [3.63, 3.8) is 0 Å². The Morgan fingerprint density at radius 2 is 1.12 bits per heavy atom. The maximum absolute atomic E-state index is 9.60. The van der Waals surface area contributed by atoms with E-state index in [9.17, 15) is 9.59 Å². The molecule has 0 aliphatic carbocycles. The maximum atomic E-state index is 9.60. The van der Waals surface area contributed by atoms with Gasteiger partial charge in [0.15, 0.2) is 0 Å². The van der Waals surface area contributed by atoms with Crippen LogP contribution >= 0.6 is 0 Å². The van der Waals surface area contributed by atoms with Crippen LogP contribution in [0.25, 0.3) is 0 Å². The number of hydrogen-bond acceptors (Lipinski definition) is 3. The van der Waals surface area contributed by atoms with Gasteiger partial charge in [-0.15, -0.1) is 0 Å². The molecule has 0 fully saturated rings. The van der Waals surface area contributed by atoms with Crippen molar-refractivity contribution >= 4 is 11.9 Å². The van der Waals surface area contributed by atoms with Crippen molar-refractivity contribution in [1.29, 1.82) is 0 Å². The topological polar surface area (TPSA) is 94.8 Å². The van der Waals surface area contributed by atoms with Crippen LogP contribution in [0.4, 0.5) is 0 Å². The van der Waals surface area contributed by atoms with Crippen molar-refractivity contribution in [1.82, 2.24) is 0 Å². The van der Waals surface area contributed by atoms with Gasteiger partial charge in [-0.25, -0.2) is 9.59 Å². The first-order valence-electron chi connectivity index (χ1n) is 4.59. The minimum atomic E-state index is -0.935. The average Bonchev–Trinajstić information content (AvgIpc) is 2.18. The Kier molecular flexibility index (Phi) is 16.6. The molecule has 0 spiro atoms. The van der Waals surface area contributed by atoms with Crippen LogP contribution in [-0.2, 0) is 9.59 Å². The monoisotopic (exact) mass is 232 g/mol. The summed E-state index contributed by atoms with van der Waals surface area (Å²) < 4.78 is 0. The van der Waals surface area contributed by atoms with Gasteiger partial charge in [0.25, 0.3) is 0 Å². The molecule has 0 aromatic heterocycles. The first-order valence-corrected chi connectivity index (χ1v) is 4.59. The van der Waals surface area contributed by atoms with Crippen LogP contribution in [0.2, 0.25) is 0 Å². The van der Waals surface area contributed by atoms with E-state index in [0.29, 0.717) is 6.61 Å². The molecule has 0 heterocycles. The fourth-order valence-corrected chi connectivity index (χ4v) is 0. The van der Waals surface area contributed by atoms with Gasteiger partial charge in [0.2, 0.25) is 0 Å². The van der Waals surface area contributed by atoms with Crippen LogP contribution in [0.15, 0.2) is 24.3 Å². The highest BCUT2D eigenvalue weighted by molar-refractivity contribution is 5.85. The number of carboxylic acids is 2. The van der Waals surface area contributed by atoms with Gasteiger partial charge in [0.1, 0.15) is 0 Å². The van der Waals surface area contributed by atoms with Crippen LogP contribution in [-0.4, -0.2) is 33.9 Å². The van der Waals surface area contributed by atoms with Crippen molar-refractivity contribution in [2.45, 2.75) is 27.2 Å². The van der Waals surface area contributed by atoms with E-state index in [4.69, 9.17) is 15.3 Å². The Hall–Kier alpha value is -1.62. The summed E-state index contributed by atoms with van der Waals surface area (Å²) in [5.41, 5.74) is 0.352. The number of hydrogen-bond donors (Lipinski definition) is 3. The maximum Gasteiger partial charge on any atom is 0.330 e. The third-order valence-electron chi connectivity index (χ3n) is 0.954. The van der Waals surface area contributed by atoms with E-state index >= 15 is 0 Å². The molecule has 0 atom stereocenters. The molecule has 5 nitrogen and oxygen atoms in total. The molecular weight excluding hydrogens is 212 g/mol. The fraction of sp³-hybridized carbons (Fsp3) is 0.455. The van der Waals surface area contributed by atoms with E-state index in [2.05, 4.69) is 13.2 Å². The van der Waals surface area contributed by atoms with E-state index in [0.717, 1.165) is 6.42 Å². The number of carboxylic acid groups (broad SMARTS) is 2. The Morgan fingerprint density at radius 1 is 1.00 bits per heavy atom. The Labute approximate surface area is 95.7 Å². The summed E-state index contributed by atoms with van der Waals surface area (Å²) >= 11 is 0. The largest absolute Gasteiger partial charge is 0.478 e. The summed E-state index contributed by atoms with van der Waals surface area (Å²) in [5.74, 6) is -1.87. The lowest BCUT2D eigenvalue weighted by Crippen LogP contribution is -1.92. The molecule has 0 radical (unpaired) electrons. The first kappa shape index (κ1) is 19.9. The lowest BCUT2D eigenvalue weighted by molar-refractivity contribution is -0.133. The van der Waals surface area contributed by atoms with Crippen LogP contribution in [0, 0.1) is 0 Å². The van der Waals surface area contributed by atoms with Crippen molar-refractivity contribution in [3.8, 4) is 0 Å². The third-order valence-corrected chi connectivity index (χ3v) is 0.954. The molecule has 94 valence electrons. The minimum Gasteiger partial charge on any atom is -0.478 e. The van der Waals surface area contributed by atoms with E-state index in [1.807, 2.05) is 6.92 Å². The summed E-state index contributed by atoms with van der Waals surface area (Å²) in [6.07, 6.45) is 0.875. The van der Waals surface area contributed by atoms with Gasteiger partial charge in [0, 0.05) is 17.8 Å². The second-order valence-corrected chi connectivity index (χ2v) is 2.89. The predicted octanol–water partition coefficient (Wildman–Crippen LogP) is 1.68. The highest BCUT2D eigenvalue weighted by Crippen LogP contribution is 1.81. The molecule has 0 saturated heterocycles. The van der Waals surface area contributed by atoms with Gasteiger partial charge in [-0.3, -0.25) is 0 Å². The lowest BCUT2D eigenvalue weighted by Gasteiger charge is -1.79. The number of carbonyl (C=O) groups is 2. The Bertz CT molecular complexity index is 193. The second kappa shape index (κ2) is 13.4. The molecule has 16 heavy (non-hydrogen) atoms. The molecule has 3 N–H and O–H groups in total. The van der Waals surface area contributed by atoms with Crippen LogP contribution in [0.5, 0.6) is 0 Å². The van der Waals surface area contributed by atoms with Gasteiger partial charge in [-0.1, -0.05) is 20.1 Å². The molecule has 0 aromatic rings. The minimum absolute atomic E-state index is 0.176. The van der Waals surface area contributed by atoms with E-state index in [-0.39, 0.29) is 11.1 Å². The molecule has 0 aliphatic heterocycles.